The number of halogens is 1. The van der Waals surface area contributed by atoms with E-state index in [0.717, 1.165) is 81.9 Å². The Labute approximate surface area is 250 Å². The smallest absolute Gasteiger partial charge is 0.168 e. The summed E-state index contributed by atoms with van der Waals surface area (Å²) < 4.78 is 27.8. The van der Waals surface area contributed by atoms with E-state index in [1.807, 2.05) is 12.4 Å². The van der Waals surface area contributed by atoms with Crippen LogP contribution in [0, 0.1) is 11.2 Å². The van der Waals surface area contributed by atoms with Crippen molar-refractivity contribution in [1.29, 1.82) is 0 Å². The minimum absolute atomic E-state index is 0.225. The second kappa shape index (κ2) is 11.9. The Bertz CT molecular complexity index is 1570. The lowest BCUT2D eigenvalue weighted by molar-refractivity contribution is 0.0662. The molecular formula is C32H37FN8O2. The highest BCUT2D eigenvalue weighted by molar-refractivity contribution is 5.80. The Kier molecular flexibility index (Phi) is 7.67. The predicted octanol–water partition coefficient (Wildman–Crippen LogP) is 5.22. The van der Waals surface area contributed by atoms with Gasteiger partial charge < -0.3 is 25.0 Å². The number of rotatable bonds is 7. The van der Waals surface area contributed by atoms with Gasteiger partial charge in [-0.15, -0.1) is 0 Å². The first-order valence-corrected chi connectivity index (χ1v) is 15.1. The van der Waals surface area contributed by atoms with Crippen molar-refractivity contribution < 1.29 is 13.9 Å². The quantitative estimate of drug-likeness (QED) is 0.303. The molecule has 3 fully saturated rings. The lowest BCUT2D eigenvalue weighted by Crippen LogP contribution is -2.41. The number of benzene rings is 1. The molecule has 0 aliphatic carbocycles. The highest BCUT2D eigenvalue weighted by atomic mass is 19.1. The third-order valence-electron chi connectivity index (χ3n) is 9.19. The maximum atomic E-state index is 14.8. The van der Waals surface area contributed by atoms with Gasteiger partial charge in [0.05, 0.1) is 24.9 Å². The van der Waals surface area contributed by atoms with E-state index in [0.29, 0.717) is 28.8 Å². The van der Waals surface area contributed by atoms with Gasteiger partial charge in [0.1, 0.15) is 23.2 Å². The van der Waals surface area contributed by atoms with Crippen molar-refractivity contribution in [2.45, 2.75) is 38.1 Å². The van der Waals surface area contributed by atoms with Crippen LogP contribution in [0.5, 0.6) is 5.75 Å². The van der Waals surface area contributed by atoms with Crippen LogP contribution < -0.4 is 20.3 Å². The summed E-state index contributed by atoms with van der Waals surface area (Å²) in [5.41, 5.74) is 3.87. The second-order valence-corrected chi connectivity index (χ2v) is 11.8. The number of ether oxygens (including phenoxy) is 2. The van der Waals surface area contributed by atoms with Gasteiger partial charge in [-0.3, -0.25) is 4.68 Å². The average Bonchev–Trinajstić information content (AvgIpc) is 3.72. The van der Waals surface area contributed by atoms with Gasteiger partial charge in [0.25, 0.3) is 0 Å². The van der Waals surface area contributed by atoms with Crippen LogP contribution in [0.3, 0.4) is 0 Å². The first-order chi connectivity index (χ1) is 21.1. The molecule has 11 heteroatoms. The number of hydrogen-bond acceptors (Lipinski definition) is 9. The Balaban J connectivity index is 1.20. The van der Waals surface area contributed by atoms with Crippen LogP contribution in [0.25, 0.3) is 22.5 Å². The molecule has 224 valence electrons. The fourth-order valence-electron chi connectivity index (χ4n) is 6.64. The van der Waals surface area contributed by atoms with E-state index >= 15 is 0 Å². The van der Waals surface area contributed by atoms with Crippen molar-refractivity contribution >= 4 is 17.3 Å². The number of nitrogens with one attached hydrogen (secondary N) is 2. The second-order valence-electron chi connectivity index (χ2n) is 11.8. The molecule has 3 aliphatic rings. The Morgan fingerprint density at radius 2 is 1.93 bits per heavy atom. The largest absolute Gasteiger partial charge is 0.496 e. The summed E-state index contributed by atoms with van der Waals surface area (Å²) in [6.45, 7) is 5.73. The van der Waals surface area contributed by atoms with E-state index in [1.54, 1.807) is 24.4 Å². The molecule has 3 aromatic heterocycles. The zero-order chi connectivity index (χ0) is 29.2. The number of methoxy groups -OCH3 is 1. The molecule has 0 unspecified atom stereocenters. The molecule has 1 aromatic carbocycles. The number of nitrogens with zero attached hydrogens (tertiary/aromatic N) is 6. The van der Waals surface area contributed by atoms with Gasteiger partial charge in [0.2, 0.25) is 0 Å². The van der Waals surface area contributed by atoms with Gasteiger partial charge in [-0.1, -0.05) is 6.07 Å². The van der Waals surface area contributed by atoms with E-state index < -0.39 is 5.82 Å². The van der Waals surface area contributed by atoms with Crippen molar-refractivity contribution in [3.8, 4) is 28.3 Å². The minimum Gasteiger partial charge on any atom is -0.496 e. The molecule has 6 heterocycles. The molecule has 0 amide bonds. The van der Waals surface area contributed by atoms with E-state index in [-0.39, 0.29) is 11.4 Å². The molecule has 0 atom stereocenters. The molecule has 0 saturated carbocycles. The first-order valence-electron chi connectivity index (χ1n) is 15.1. The first kappa shape index (κ1) is 27.7. The Morgan fingerprint density at radius 3 is 2.72 bits per heavy atom. The number of aromatic nitrogens is 5. The van der Waals surface area contributed by atoms with Crippen molar-refractivity contribution in [2.75, 3.05) is 56.7 Å². The molecule has 2 N–H and O–H groups in total. The van der Waals surface area contributed by atoms with Crippen LogP contribution in [0.2, 0.25) is 0 Å². The van der Waals surface area contributed by atoms with Crippen molar-refractivity contribution in [2.24, 2.45) is 5.41 Å². The fourth-order valence-corrected chi connectivity index (χ4v) is 6.64. The van der Waals surface area contributed by atoms with Crippen LogP contribution in [0.1, 0.15) is 38.1 Å². The molecule has 0 radical (unpaired) electrons. The summed E-state index contributed by atoms with van der Waals surface area (Å²) in [4.78, 5) is 16.2. The SMILES string of the molecule is COc1cccc(F)c1-c1nccc(Nc2cc(N3CCC4(CCNC4)CC3)c(-c3cnn(C4CCOCC4)c3)cn2)n1. The van der Waals surface area contributed by atoms with Gasteiger partial charge in [-0.05, 0) is 62.3 Å². The van der Waals surface area contributed by atoms with Gasteiger partial charge in [0, 0.05) is 74.3 Å². The molecule has 7 rings (SSSR count). The number of hydrogen-bond donors (Lipinski definition) is 2. The van der Waals surface area contributed by atoms with Crippen LogP contribution >= 0.6 is 0 Å². The van der Waals surface area contributed by atoms with Crippen LogP contribution in [-0.4, -0.2) is 71.2 Å². The van der Waals surface area contributed by atoms with Crippen LogP contribution in [0.4, 0.5) is 21.7 Å². The van der Waals surface area contributed by atoms with E-state index in [2.05, 4.69) is 42.4 Å². The highest BCUT2D eigenvalue weighted by Gasteiger charge is 2.37. The predicted molar refractivity (Wildman–Crippen MR) is 163 cm³/mol. The van der Waals surface area contributed by atoms with E-state index in [9.17, 15) is 4.39 Å². The van der Waals surface area contributed by atoms with E-state index in [1.165, 1.54) is 19.6 Å². The topological polar surface area (TPSA) is 102 Å². The van der Waals surface area contributed by atoms with Crippen molar-refractivity contribution in [3.05, 3.63) is 60.9 Å². The molecule has 10 nitrogen and oxygen atoms in total. The van der Waals surface area contributed by atoms with Crippen LogP contribution in [0.15, 0.2) is 55.1 Å². The van der Waals surface area contributed by atoms with Crippen molar-refractivity contribution in [3.63, 3.8) is 0 Å². The zero-order valence-electron chi connectivity index (χ0n) is 24.4. The zero-order valence-corrected chi connectivity index (χ0v) is 24.4. The average molecular weight is 585 g/mol. The fraction of sp³-hybridized carbons (Fsp3) is 0.438. The number of pyridine rings is 1. The molecule has 0 bridgehead atoms. The Morgan fingerprint density at radius 1 is 1.07 bits per heavy atom. The summed E-state index contributed by atoms with van der Waals surface area (Å²) in [5.74, 6) is 1.35. The molecule has 1 spiro atoms. The highest BCUT2D eigenvalue weighted by Crippen LogP contribution is 2.41. The standard InChI is InChI=1S/C32H37FN8O2/c1-42-27-4-2-3-25(33)30(27)31-35-11-5-28(39-31)38-29-17-26(40-13-9-32(10-14-40)8-12-34-21-32)24(19-36-29)22-18-37-41(20-22)23-6-15-43-16-7-23/h2-5,11,17-20,23,34H,6-10,12-16,21H2,1H3,(H,35,36,38,39). The van der Waals surface area contributed by atoms with Crippen molar-refractivity contribution in [1.82, 2.24) is 30.0 Å². The maximum Gasteiger partial charge on any atom is 0.168 e. The van der Waals surface area contributed by atoms with Gasteiger partial charge >= 0.3 is 0 Å². The third kappa shape index (κ3) is 5.66. The maximum absolute atomic E-state index is 14.8. The van der Waals surface area contributed by atoms with E-state index in [4.69, 9.17) is 19.6 Å². The summed E-state index contributed by atoms with van der Waals surface area (Å²) in [5, 5.41) is 11.7. The van der Waals surface area contributed by atoms with Crippen LogP contribution in [-0.2, 0) is 4.74 Å². The summed E-state index contributed by atoms with van der Waals surface area (Å²) in [6.07, 6.45) is 13.1. The lowest BCUT2D eigenvalue weighted by atomic mass is 9.77. The molecule has 3 saturated heterocycles. The number of anilines is 3. The lowest BCUT2D eigenvalue weighted by Gasteiger charge is -2.40. The third-order valence-corrected chi connectivity index (χ3v) is 9.19. The monoisotopic (exact) mass is 584 g/mol. The normalized spacial score (nSPS) is 18.7. The minimum atomic E-state index is -0.442. The van der Waals surface area contributed by atoms with Gasteiger partial charge in [0.15, 0.2) is 5.82 Å². The summed E-state index contributed by atoms with van der Waals surface area (Å²) in [7, 11) is 1.51. The molecule has 43 heavy (non-hydrogen) atoms. The molecular weight excluding hydrogens is 547 g/mol. The molecule has 4 aromatic rings. The Hall–Kier alpha value is -4.09. The summed E-state index contributed by atoms with van der Waals surface area (Å²) in [6, 6.07) is 8.88. The van der Waals surface area contributed by atoms with Gasteiger partial charge in [-0.2, -0.15) is 5.10 Å². The summed E-state index contributed by atoms with van der Waals surface area (Å²) >= 11 is 0. The number of piperidine rings is 1. The van der Waals surface area contributed by atoms with Gasteiger partial charge in [-0.25, -0.2) is 19.3 Å². The molecule has 3 aliphatic heterocycles.